The molecule has 0 N–H and O–H groups in total. The van der Waals surface area contributed by atoms with Gasteiger partial charge in [-0.15, -0.1) is 0 Å². The molecule has 3 unspecified atom stereocenters. The number of aliphatic imine (C=N–C) groups is 1. The number of amidine groups is 1. The van der Waals surface area contributed by atoms with Crippen molar-refractivity contribution in [1.29, 1.82) is 0 Å². The minimum absolute atomic E-state index is 0.656. The van der Waals surface area contributed by atoms with E-state index in [-0.39, 0.29) is 0 Å². The van der Waals surface area contributed by atoms with Crippen molar-refractivity contribution in [1.82, 2.24) is 9.80 Å². The van der Waals surface area contributed by atoms with Crippen LogP contribution < -0.4 is 0 Å². The molecule has 3 atom stereocenters. The van der Waals surface area contributed by atoms with Crippen molar-refractivity contribution in [3.63, 3.8) is 0 Å². The third-order valence-electron chi connectivity index (χ3n) is 4.29. The van der Waals surface area contributed by atoms with E-state index in [9.17, 15) is 0 Å². The van der Waals surface area contributed by atoms with Gasteiger partial charge in [-0.05, 0) is 26.3 Å². The normalized spacial score (nSPS) is 38.4. The molecule has 3 heterocycles. The summed E-state index contributed by atoms with van der Waals surface area (Å²) in [6.45, 7) is 3.38. The van der Waals surface area contributed by atoms with Crippen molar-refractivity contribution in [3.8, 4) is 0 Å². The summed E-state index contributed by atoms with van der Waals surface area (Å²) in [5, 5.41) is 3.02. The second kappa shape index (κ2) is 5.10. The molecule has 0 aliphatic carbocycles. The van der Waals surface area contributed by atoms with Gasteiger partial charge in [-0.1, -0.05) is 27.7 Å². The van der Waals surface area contributed by atoms with Crippen molar-refractivity contribution >= 4 is 32.9 Å². The Labute approximate surface area is 116 Å². The fourth-order valence-corrected chi connectivity index (χ4v) is 4.72. The summed E-state index contributed by atoms with van der Waals surface area (Å²) < 4.78 is 0. The minimum atomic E-state index is 0.656. The molecule has 0 aromatic rings. The number of alkyl halides is 1. The molecule has 0 aromatic heterocycles. The SMILES string of the molecule is CN1C2CCC1CN(C1=NCC(CBr)S1)CC2. The number of likely N-dealkylation sites (N-methyl/N-ethyl adjacent to an activating group) is 1. The van der Waals surface area contributed by atoms with Gasteiger partial charge in [0, 0.05) is 35.8 Å². The number of halogens is 1. The van der Waals surface area contributed by atoms with Crippen LogP contribution in [0.25, 0.3) is 0 Å². The molecule has 0 aromatic carbocycles. The Balaban J connectivity index is 1.66. The first-order valence-corrected chi connectivity index (χ1v) is 8.52. The van der Waals surface area contributed by atoms with Crippen LogP contribution in [0.1, 0.15) is 19.3 Å². The number of hydrogen-bond donors (Lipinski definition) is 0. The van der Waals surface area contributed by atoms with Crippen LogP contribution >= 0.6 is 27.7 Å². The van der Waals surface area contributed by atoms with Crippen LogP contribution in [0.5, 0.6) is 0 Å². The van der Waals surface area contributed by atoms with E-state index >= 15 is 0 Å². The first kappa shape index (κ1) is 12.3. The maximum absolute atomic E-state index is 4.72. The number of nitrogens with zero attached hydrogens (tertiary/aromatic N) is 3. The first-order chi connectivity index (χ1) is 8.28. The molecular weight excluding hydrogens is 298 g/mol. The summed E-state index contributed by atoms with van der Waals surface area (Å²) in [5.41, 5.74) is 0. The Kier molecular flexibility index (Phi) is 3.69. The molecule has 0 spiro atoms. The molecule has 3 nitrogen and oxygen atoms in total. The van der Waals surface area contributed by atoms with E-state index in [1.165, 1.54) is 37.5 Å². The summed E-state index contributed by atoms with van der Waals surface area (Å²) in [6, 6.07) is 1.58. The molecule has 0 amide bonds. The Morgan fingerprint density at radius 1 is 1.35 bits per heavy atom. The van der Waals surface area contributed by atoms with Gasteiger partial charge in [0.05, 0.1) is 6.54 Å². The molecule has 2 bridgehead atoms. The monoisotopic (exact) mass is 317 g/mol. The fraction of sp³-hybridized carbons (Fsp3) is 0.917. The Morgan fingerprint density at radius 2 is 2.18 bits per heavy atom. The van der Waals surface area contributed by atoms with Crippen LogP contribution in [0.3, 0.4) is 0 Å². The highest BCUT2D eigenvalue weighted by Gasteiger charge is 2.36. The van der Waals surface area contributed by atoms with Gasteiger partial charge < -0.3 is 4.90 Å². The molecule has 2 fully saturated rings. The number of rotatable bonds is 1. The lowest BCUT2D eigenvalue weighted by molar-refractivity contribution is 0.246. The molecule has 17 heavy (non-hydrogen) atoms. The maximum Gasteiger partial charge on any atom is 0.159 e. The quantitative estimate of drug-likeness (QED) is 0.690. The van der Waals surface area contributed by atoms with Gasteiger partial charge >= 0.3 is 0 Å². The zero-order valence-electron chi connectivity index (χ0n) is 10.3. The second-order valence-corrected chi connectivity index (χ2v) is 7.22. The largest absolute Gasteiger partial charge is 0.350 e. The van der Waals surface area contributed by atoms with Crippen LogP contribution in [0.2, 0.25) is 0 Å². The van der Waals surface area contributed by atoms with E-state index in [1.54, 1.807) is 0 Å². The lowest BCUT2D eigenvalue weighted by Gasteiger charge is -2.27. The molecular formula is C12H20BrN3S. The Bertz CT molecular complexity index is 323. The van der Waals surface area contributed by atoms with Gasteiger partial charge in [0.25, 0.3) is 0 Å². The van der Waals surface area contributed by atoms with Crippen molar-refractivity contribution in [2.75, 3.05) is 32.0 Å². The fourth-order valence-electron chi connectivity index (χ4n) is 3.14. The molecule has 0 radical (unpaired) electrons. The number of thioether (sulfide) groups is 1. The van der Waals surface area contributed by atoms with Gasteiger partial charge in [0.15, 0.2) is 5.17 Å². The van der Waals surface area contributed by atoms with Gasteiger partial charge in [-0.25, -0.2) is 0 Å². The van der Waals surface area contributed by atoms with Gasteiger partial charge in [-0.2, -0.15) is 0 Å². The number of hydrogen-bond acceptors (Lipinski definition) is 4. The third-order valence-corrected chi connectivity index (χ3v) is 6.75. The van der Waals surface area contributed by atoms with E-state index in [0.29, 0.717) is 5.25 Å². The van der Waals surface area contributed by atoms with Crippen LogP contribution in [-0.2, 0) is 0 Å². The van der Waals surface area contributed by atoms with Gasteiger partial charge in [0.2, 0.25) is 0 Å². The van der Waals surface area contributed by atoms with Crippen molar-refractivity contribution in [2.24, 2.45) is 4.99 Å². The third kappa shape index (κ3) is 2.38. The van der Waals surface area contributed by atoms with E-state index in [2.05, 4.69) is 32.8 Å². The van der Waals surface area contributed by atoms with Crippen molar-refractivity contribution in [2.45, 2.75) is 36.6 Å². The topological polar surface area (TPSA) is 18.8 Å². The number of likely N-dealkylation sites (tertiary alicyclic amines) is 1. The van der Waals surface area contributed by atoms with Gasteiger partial charge in [-0.3, -0.25) is 9.89 Å². The van der Waals surface area contributed by atoms with Crippen LogP contribution in [-0.4, -0.2) is 64.3 Å². The zero-order chi connectivity index (χ0) is 11.8. The molecule has 5 heteroatoms. The zero-order valence-corrected chi connectivity index (χ0v) is 12.7. The smallest absolute Gasteiger partial charge is 0.159 e. The predicted octanol–water partition coefficient (Wildman–Crippen LogP) is 2.02. The standard InChI is InChI=1S/C12H20BrN3S/c1-15-9-2-3-10(15)8-16(5-4-9)12-14-7-11(6-13)17-12/h9-11H,2-8H2,1H3. The average Bonchev–Trinajstić information content (AvgIpc) is 2.86. The average molecular weight is 318 g/mol. The molecule has 0 saturated carbocycles. The van der Waals surface area contributed by atoms with Gasteiger partial charge in [0.1, 0.15) is 0 Å². The molecule has 96 valence electrons. The van der Waals surface area contributed by atoms with E-state index in [4.69, 9.17) is 4.99 Å². The highest BCUT2D eigenvalue weighted by molar-refractivity contribution is 9.09. The Hall–Kier alpha value is 0.260. The highest BCUT2D eigenvalue weighted by atomic mass is 79.9. The van der Waals surface area contributed by atoms with Crippen LogP contribution in [0, 0.1) is 0 Å². The summed E-state index contributed by atoms with van der Waals surface area (Å²) in [4.78, 5) is 9.85. The van der Waals surface area contributed by atoms with Crippen molar-refractivity contribution < 1.29 is 0 Å². The first-order valence-electron chi connectivity index (χ1n) is 6.52. The molecule has 3 rings (SSSR count). The summed E-state index contributed by atoms with van der Waals surface area (Å²) in [6.07, 6.45) is 4.09. The molecule has 3 aliphatic heterocycles. The predicted molar refractivity (Wildman–Crippen MR) is 78.2 cm³/mol. The minimum Gasteiger partial charge on any atom is -0.350 e. The molecule has 2 saturated heterocycles. The lowest BCUT2D eigenvalue weighted by Crippen LogP contribution is -2.38. The van der Waals surface area contributed by atoms with E-state index in [0.717, 1.165) is 24.0 Å². The summed E-state index contributed by atoms with van der Waals surface area (Å²) >= 11 is 5.53. The second-order valence-electron chi connectivity index (χ2n) is 5.30. The number of fused-ring (bicyclic) bond motifs is 2. The molecule has 3 aliphatic rings. The highest BCUT2D eigenvalue weighted by Crippen LogP contribution is 2.32. The lowest BCUT2D eigenvalue weighted by atomic mass is 10.1. The van der Waals surface area contributed by atoms with Crippen molar-refractivity contribution in [3.05, 3.63) is 0 Å². The summed E-state index contributed by atoms with van der Waals surface area (Å²) in [5.74, 6) is 0. The van der Waals surface area contributed by atoms with Crippen LogP contribution in [0.15, 0.2) is 4.99 Å². The maximum atomic E-state index is 4.72. The van der Waals surface area contributed by atoms with E-state index < -0.39 is 0 Å². The summed E-state index contributed by atoms with van der Waals surface area (Å²) in [7, 11) is 2.30. The Morgan fingerprint density at radius 3 is 2.94 bits per heavy atom. The van der Waals surface area contributed by atoms with Crippen LogP contribution in [0.4, 0.5) is 0 Å². The van der Waals surface area contributed by atoms with E-state index in [1.807, 2.05) is 11.8 Å².